The Hall–Kier alpha value is -4.32. The molecule has 0 spiro atoms. The summed E-state index contributed by atoms with van der Waals surface area (Å²) in [7, 11) is -15.6. The van der Waals surface area contributed by atoms with E-state index < -0.39 is 79.1 Å². The molecule has 1 saturated heterocycles. The molecule has 2 heterocycles. The van der Waals surface area contributed by atoms with Crippen LogP contribution in [0.1, 0.15) is 34.1 Å². The number of hydrogen-bond acceptors (Lipinski definition) is 15. The van der Waals surface area contributed by atoms with Crippen molar-refractivity contribution in [2.24, 2.45) is 10.2 Å². The van der Waals surface area contributed by atoms with Gasteiger partial charge in [0.2, 0.25) is 0 Å². The second kappa shape index (κ2) is 17.6. The molecule has 25 nitrogen and oxygen atoms in total. The van der Waals surface area contributed by atoms with Gasteiger partial charge in [-0.15, -0.1) is 0 Å². The third kappa shape index (κ3) is 12.2. The summed E-state index contributed by atoms with van der Waals surface area (Å²) in [6, 6.07) is 4.34. The van der Waals surface area contributed by atoms with E-state index in [-0.39, 0.29) is 24.1 Å². The quantitative estimate of drug-likeness (QED) is 0.0406. The fraction of sp³-hybridized carbons (Fsp3) is 0.409. The van der Waals surface area contributed by atoms with Crippen LogP contribution in [0.5, 0.6) is 5.75 Å². The van der Waals surface area contributed by atoms with Crippen molar-refractivity contribution in [3.8, 4) is 17.6 Å². The van der Waals surface area contributed by atoms with Crippen LogP contribution < -0.4 is 16.0 Å². The number of rotatable bonds is 16. The minimum absolute atomic E-state index is 0.0597. The van der Waals surface area contributed by atoms with Crippen LogP contribution >= 0.6 is 23.5 Å². The molecule has 0 radical (unpaired) electrons. The van der Waals surface area contributed by atoms with Crippen molar-refractivity contribution in [1.29, 1.82) is 0 Å². The van der Waals surface area contributed by atoms with E-state index in [1.165, 1.54) is 25.3 Å². The molecule has 50 heavy (non-hydrogen) atoms. The highest BCUT2D eigenvalue weighted by Gasteiger charge is 2.43. The Morgan fingerprint density at radius 1 is 1.12 bits per heavy atom. The standard InChI is InChI=1S/C22H25N8O17P3/c1-41-15-4-5-16(14(7-15)9-25-28-23)21(32)42-6-2-3-13-10-30(22(33)27-20(13)31)19-8-17(43-12-26-29-24)18(45-19)11-44-49(37,38)47-50(39,40)46-48(34,35)36/h4-5,7,10,17-19H,6,8-9,11-12H2,1H3,(H,37,38)(H,39,40)(H,27,31,33)(H2,34,35,36)/t17?,18-,19-/m1/s1. The van der Waals surface area contributed by atoms with Crippen LogP contribution in [0.25, 0.3) is 20.9 Å². The van der Waals surface area contributed by atoms with Crippen molar-refractivity contribution in [3.63, 3.8) is 0 Å². The zero-order chi connectivity index (χ0) is 37.1. The number of methoxy groups -OCH3 is 1. The molecule has 270 valence electrons. The first-order valence-electron chi connectivity index (χ1n) is 13.2. The van der Waals surface area contributed by atoms with Crippen LogP contribution in [0, 0.1) is 11.8 Å². The van der Waals surface area contributed by atoms with Gasteiger partial charge in [-0.1, -0.05) is 22.1 Å². The Morgan fingerprint density at radius 3 is 2.50 bits per heavy atom. The molecule has 5 atom stereocenters. The molecule has 1 fully saturated rings. The predicted octanol–water partition coefficient (Wildman–Crippen LogP) is 1.85. The number of phosphoric ester groups is 1. The zero-order valence-corrected chi connectivity index (χ0v) is 27.8. The van der Waals surface area contributed by atoms with Crippen LogP contribution in [0.2, 0.25) is 0 Å². The third-order valence-corrected chi connectivity index (χ3v) is 9.82. The molecule has 28 heteroatoms. The number of esters is 1. The molecule has 1 aromatic carbocycles. The summed E-state index contributed by atoms with van der Waals surface area (Å²) >= 11 is 0. The van der Waals surface area contributed by atoms with Gasteiger partial charge in [-0.3, -0.25) is 18.9 Å². The first-order chi connectivity index (χ1) is 23.5. The molecule has 0 saturated carbocycles. The van der Waals surface area contributed by atoms with Crippen molar-refractivity contribution < 1.29 is 70.2 Å². The Balaban J connectivity index is 1.76. The van der Waals surface area contributed by atoms with E-state index in [9.17, 15) is 37.9 Å². The number of benzene rings is 1. The smallest absolute Gasteiger partial charge is 0.490 e. The number of carbonyl (C=O) groups excluding carboxylic acids is 1. The van der Waals surface area contributed by atoms with Crippen molar-refractivity contribution in [2.45, 2.75) is 31.4 Å². The van der Waals surface area contributed by atoms with Gasteiger partial charge >= 0.3 is 35.1 Å². The molecule has 1 aromatic heterocycles. The normalized spacial score (nSPS) is 19.4. The van der Waals surface area contributed by atoms with E-state index in [4.69, 9.17) is 39.8 Å². The van der Waals surface area contributed by atoms with Crippen molar-refractivity contribution in [2.75, 3.05) is 27.1 Å². The molecule has 2 aromatic rings. The van der Waals surface area contributed by atoms with Gasteiger partial charge in [-0.2, -0.15) is 8.62 Å². The molecule has 3 unspecified atom stereocenters. The fourth-order valence-corrected chi connectivity index (χ4v) is 7.09. The fourth-order valence-electron chi connectivity index (χ4n) is 4.06. The van der Waals surface area contributed by atoms with E-state index in [2.05, 4.69) is 45.0 Å². The van der Waals surface area contributed by atoms with Crippen LogP contribution in [-0.2, 0) is 47.6 Å². The van der Waals surface area contributed by atoms with Gasteiger partial charge in [0.1, 0.15) is 30.4 Å². The molecule has 0 aliphatic carbocycles. The van der Waals surface area contributed by atoms with Gasteiger partial charge in [0, 0.05) is 22.4 Å². The number of aromatic nitrogens is 2. The molecule has 1 aliphatic heterocycles. The highest BCUT2D eigenvalue weighted by molar-refractivity contribution is 7.66. The van der Waals surface area contributed by atoms with Gasteiger partial charge < -0.3 is 38.5 Å². The van der Waals surface area contributed by atoms with Gasteiger partial charge in [0.05, 0.1) is 31.9 Å². The highest BCUT2D eigenvalue weighted by atomic mass is 31.3. The van der Waals surface area contributed by atoms with Crippen LogP contribution in [0.3, 0.4) is 0 Å². The second-order valence-electron chi connectivity index (χ2n) is 9.32. The van der Waals surface area contributed by atoms with Gasteiger partial charge in [0.15, 0.2) is 6.61 Å². The molecule has 3 rings (SSSR count). The first-order valence-corrected chi connectivity index (χ1v) is 17.7. The van der Waals surface area contributed by atoms with Crippen LogP contribution in [0.15, 0.2) is 44.2 Å². The molecule has 5 N–H and O–H groups in total. The average molecular weight is 766 g/mol. The number of nitrogens with zero attached hydrogens (tertiary/aromatic N) is 7. The highest BCUT2D eigenvalue weighted by Crippen LogP contribution is 2.66. The van der Waals surface area contributed by atoms with E-state index in [1.54, 1.807) is 0 Å². The Morgan fingerprint density at radius 2 is 1.84 bits per heavy atom. The lowest BCUT2D eigenvalue weighted by Crippen LogP contribution is -2.33. The van der Waals surface area contributed by atoms with Crippen LogP contribution in [-0.4, -0.2) is 74.4 Å². The Kier molecular flexibility index (Phi) is 14.1. The summed E-state index contributed by atoms with van der Waals surface area (Å²) < 4.78 is 68.6. The SMILES string of the molecule is COc1ccc(C(=O)OCC#Cc2cn([C@H]3CC(OCN=[N+]=[N-])[C@@H](COP(=O)(O)OP(=O)(O)OP(=O)(O)O)O3)c(=O)[nH]c2=O)c(CN=[N+]=[N-])c1. The average Bonchev–Trinajstić information content (AvgIpc) is 3.42. The number of azide groups is 2. The summed E-state index contributed by atoms with van der Waals surface area (Å²) in [6.07, 6.45) is -3.12. The maximum absolute atomic E-state index is 12.7. The third-order valence-electron chi connectivity index (χ3n) is 6.02. The van der Waals surface area contributed by atoms with Gasteiger partial charge in [-0.05, 0) is 34.8 Å². The maximum atomic E-state index is 12.7. The second-order valence-corrected chi connectivity index (χ2v) is 13.7. The minimum atomic E-state index is -5.82. The van der Waals surface area contributed by atoms with Crippen LogP contribution in [0.4, 0.5) is 0 Å². The molecule has 0 bridgehead atoms. The molecule has 0 amide bonds. The number of ether oxygens (including phenoxy) is 4. The number of aromatic amines is 1. The zero-order valence-electron chi connectivity index (χ0n) is 25.1. The van der Waals surface area contributed by atoms with E-state index in [0.29, 0.717) is 11.3 Å². The lowest BCUT2D eigenvalue weighted by molar-refractivity contribution is -0.0601. The molecular formula is C22H25N8O17P3. The monoisotopic (exact) mass is 766 g/mol. The lowest BCUT2D eigenvalue weighted by Gasteiger charge is -2.20. The van der Waals surface area contributed by atoms with E-state index >= 15 is 0 Å². The molecule has 1 aliphatic rings. The number of nitrogens with one attached hydrogen (secondary N) is 1. The first kappa shape index (κ1) is 40.1. The number of phosphoric acid groups is 3. The number of H-pyrrole nitrogens is 1. The largest absolute Gasteiger partial charge is 0.497 e. The maximum Gasteiger partial charge on any atom is 0.490 e. The summed E-state index contributed by atoms with van der Waals surface area (Å²) in [6.45, 7) is -2.28. The topological polar surface area (TPSA) is 366 Å². The summed E-state index contributed by atoms with van der Waals surface area (Å²) in [5.74, 6) is 4.44. The molecular weight excluding hydrogens is 741 g/mol. The van der Waals surface area contributed by atoms with Crippen molar-refractivity contribution in [3.05, 3.63) is 82.8 Å². The minimum Gasteiger partial charge on any atom is -0.497 e. The Bertz CT molecular complexity index is 2010. The summed E-state index contributed by atoms with van der Waals surface area (Å²) in [5.41, 5.74) is 15.3. The summed E-state index contributed by atoms with van der Waals surface area (Å²) in [5, 5.41) is 6.61. The lowest BCUT2D eigenvalue weighted by atomic mass is 10.1. The summed E-state index contributed by atoms with van der Waals surface area (Å²) in [4.78, 5) is 81.3. The number of carbonyl (C=O) groups is 1. The number of hydrogen-bond donors (Lipinski definition) is 5. The van der Waals surface area contributed by atoms with Gasteiger partial charge in [-0.25, -0.2) is 23.3 Å². The predicted molar refractivity (Wildman–Crippen MR) is 162 cm³/mol. The van der Waals surface area contributed by atoms with Crippen molar-refractivity contribution >= 4 is 29.4 Å². The van der Waals surface area contributed by atoms with Gasteiger partial charge in [0.25, 0.3) is 5.56 Å². The van der Waals surface area contributed by atoms with Crippen molar-refractivity contribution in [1.82, 2.24) is 9.55 Å². The van der Waals surface area contributed by atoms with E-state index in [0.717, 1.165) is 10.8 Å². The van der Waals surface area contributed by atoms with E-state index in [1.807, 2.05) is 4.98 Å². The Labute approximate surface area is 278 Å².